The molecule has 8 heteroatoms. The molecule has 0 bridgehead atoms. The Labute approximate surface area is 205 Å². The number of hydrogen-bond acceptors (Lipinski definition) is 6. The number of esters is 1. The predicted octanol–water partition coefficient (Wildman–Crippen LogP) is 2.45. The Hall–Kier alpha value is -3.39. The summed E-state index contributed by atoms with van der Waals surface area (Å²) in [5.41, 5.74) is 3.14. The van der Waals surface area contributed by atoms with E-state index >= 15 is 0 Å². The molecule has 0 N–H and O–H groups in total. The molecule has 1 unspecified atom stereocenters. The second-order valence-electron chi connectivity index (χ2n) is 9.39. The molecular weight excluding hydrogens is 446 g/mol. The molecule has 186 valence electrons. The standard InChI is InChI=1S/C27H33N3O5/c1-19(13-20-7-5-4-6-8-20)16-29-10-9-22-26(27(33)34-3)23(15-25(32)30(22)12-11-29)35-18-21-14-24(31)28(2)17-21/h4-8,13,15,21H,9-12,14,16-18H2,1-3H3. The lowest BCUT2D eigenvalue weighted by Gasteiger charge is -2.19. The Bertz CT molecular complexity index is 1170. The molecule has 1 aromatic carbocycles. The number of nitrogens with zero attached hydrogens (tertiary/aromatic N) is 3. The minimum Gasteiger partial charge on any atom is -0.492 e. The van der Waals surface area contributed by atoms with E-state index < -0.39 is 5.97 Å². The van der Waals surface area contributed by atoms with Crippen molar-refractivity contribution < 1.29 is 19.1 Å². The van der Waals surface area contributed by atoms with E-state index in [1.165, 1.54) is 18.7 Å². The molecule has 0 saturated carbocycles. The van der Waals surface area contributed by atoms with Gasteiger partial charge in [-0.3, -0.25) is 14.5 Å². The number of hydrogen-bond donors (Lipinski definition) is 0. The van der Waals surface area contributed by atoms with Crippen LogP contribution in [0.25, 0.3) is 6.08 Å². The number of ether oxygens (including phenoxy) is 2. The second-order valence-corrected chi connectivity index (χ2v) is 9.39. The maximum absolute atomic E-state index is 13.0. The normalized spacial score (nSPS) is 18.8. The molecule has 1 atom stereocenters. The molecule has 35 heavy (non-hydrogen) atoms. The molecule has 1 fully saturated rings. The van der Waals surface area contributed by atoms with E-state index in [9.17, 15) is 14.4 Å². The zero-order chi connectivity index (χ0) is 24.9. The molecule has 0 aliphatic carbocycles. The maximum atomic E-state index is 13.0. The number of amides is 1. The fourth-order valence-corrected chi connectivity index (χ4v) is 4.90. The van der Waals surface area contributed by atoms with E-state index in [-0.39, 0.29) is 29.7 Å². The van der Waals surface area contributed by atoms with Gasteiger partial charge >= 0.3 is 5.97 Å². The largest absolute Gasteiger partial charge is 0.492 e. The number of carbonyl (C=O) groups is 2. The third-order valence-electron chi connectivity index (χ3n) is 6.66. The summed E-state index contributed by atoms with van der Waals surface area (Å²) in [6.07, 6.45) is 3.10. The van der Waals surface area contributed by atoms with Gasteiger partial charge in [0.25, 0.3) is 5.56 Å². The fourth-order valence-electron chi connectivity index (χ4n) is 4.90. The van der Waals surface area contributed by atoms with Crippen LogP contribution in [0, 0.1) is 5.92 Å². The van der Waals surface area contributed by atoms with Crippen molar-refractivity contribution in [3.05, 3.63) is 69.1 Å². The molecule has 0 radical (unpaired) electrons. The lowest BCUT2D eigenvalue weighted by molar-refractivity contribution is -0.126. The summed E-state index contributed by atoms with van der Waals surface area (Å²) in [4.78, 5) is 41.6. The highest BCUT2D eigenvalue weighted by molar-refractivity contribution is 5.93. The number of aromatic nitrogens is 1. The highest BCUT2D eigenvalue weighted by atomic mass is 16.5. The zero-order valence-corrected chi connectivity index (χ0v) is 20.7. The topological polar surface area (TPSA) is 81.1 Å². The van der Waals surface area contributed by atoms with Gasteiger partial charge in [-0.25, -0.2) is 4.79 Å². The van der Waals surface area contributed by atoms with Crippen molar-refractivity contribution in [2.75, 3.05) is 46.9 Å². The van der Waals surface area contributed by atoms with Crippen LogP contribution < -0.4 is 10.3 Å². The Morgan fingerprint density at radius 3 is 2.60 bits per heavy atom. The quantitative estimate of drug-likeness (QED) is 0.568. The van der Waals surface area contributed by atoms with Crippen LogP contribution >= 0.6 is 0 Å². The molecule has 1 saturated heterocycles. The third kappa shape index (κ3) is 5.82. The molecular formula is C27H33N3O5. The molecule has 4 rings (SSSR count). The molecule has 1 amide bonds. The van der Waals surface area contributed by atoms with Crippen LogP contribution in [0.3, 0.4) is 0 Å². The zero-order valence-electron chi connectivity index (χ0n) is 20.7. The van der Waals surface area contributed by atoms with Gasteiger partial charge in [-0.05, 0) is 12.5 Å². The first-order valence-electron chi connectivity index (χ1n) is 12.0. The average molecular weight is 480 g/mol. The summed E-state index contributed by atoms with van der Waals surface area (Å²) >= 11 is 0. The van der Waals surface area contributed by atoms with Crippen molar-refractivity contribution in [2.45, 2.75) is 26.3 Å². The molecule has 2 aliphatic heterocycles. The lowest BCUT2D eigenvalue weighted by Crippen LogP contribution is -2.30. The Morgan fingerprint density at radius 1 is 1.14 bits per heavy atom. The third-order valence-corrected chi connectivity index (χ3v) is 6.66. The highest BCUT2D eigenvalue weighted by Gasteiger charge is 2.30. The van der Waals surface area contributed by atoms with Gasteiger partial charge in [0.1, 0.15) is 11.3 Å². The molecule has 3 heterocycles. The van der Waals surface area contributed by atoms with Gasteiger partial charge in [0, 0.05) is 70.3 Å². The van der Waals surface area contributed by atoms with Crippen molar-refractivity contribution in [2.24, 2.45) is 5.92 Å². The summed E-state index contributed by atoms with van der Waals surface area (Å²) in [5, 5.41) is 0. The Balaban J connectivity index is 1.53. The van der Waals surface area contributed by atoms with Crippen LogP contribution in [0.2, 0.25) is 0 Å². The van der Waals surface area contributed by atoms with Crippen LogP contribution in [0.5, 0.6) is 5.75 Å². The Kier molecular flexibility index (Phi) is 7.70. The summed E-state index contributed by atoms with van der Waals surface area (Å²) < 4.78 is 12.7. The van der Waals surface area contributed by atoms with Gasteiger partial charge < -0.3 is 18.9 Å². The molecule has 2 aliphatic rings. The van der Waals surface area contributed by atoms with Crippen molar-refractivity contribution in [1.29, 1.82) is 0 Å². The van der Waals surface area contributed by atoms with E-state index in [4.69, 9.17) is 9.47 Å². The summed E-state index contributed by atoms with van der Waals surface area (Å²) in [5.74, 6) is -0.180. The van der Waals surface area contributed by atoms with Crippen LogP contribution in [-0.4, -0.2) is 73.2 Å². The van der Waals surface area contributed by atoms with Gasteiger partial charge in [-0.15, -0.1) is 0 Å². The number of fused-ring (bicyclic) bond motifs is 1. The Morgan fingerprint density at radius 2 is 1.91 bits per heavy atom. The molecule has 0 spiro atoms. The SMILES string of the molecule is COC(=O)c1c(OCC2CC(=O)N(C)C2)cc(=O)n2c1CCN(CC(C)=Cc1ccccc1)CC2. The van der Waals surface area contributed by atoms with Crippen LogP contribution in [0.1, 0.15) is 35.0 Å². The van der Waals surface area contributed by atoms with E-state index in [1.54, 1.807) is 16.5 Å². The summed E-state index contributed by atoms with van der Waals surface area (Å²) in [6.45, 7) is 5.63. The number of rotatable bonds is 7. The number of likely N-dealkylation sites (tertiary alicyclic amines) is 1. The molecule has 8 nitrogen and oxygen atoms in total. The maximum Gasteiger partial charge on any atom is 0.343 e. The predicted molar refractivity (Wildman–Crippen MR) is 134 cm³/mol. The van der Waals surface area contributed by atoms with E-state index in [1.807, 2.05) is 18.2 Å². The van der Waals surface area contributed by atoms with E-state index in [0.717, 1.165) is 12.1 Å². The summed E-state index contributed by atoms with van der Waals surface area (Å²) in [7, 11) is 3.10. The first kappa shape index (κ1) is 24.7. The van der Waals surface area contributed by atoms with Crippen LogP contribution in [-0.2, 0) is 22.5 Å². The second kappa shape index (κ2) is 10.9. The molecule has 2 aromatic rings. The minimum absolute atomic E-state index is 0.0226. The number of methoxy groups -OCH3 is 1. The van der Waals surface area contributed by atoms with Crippen molar-refractivity contribution in [1.82, 2.24) is 14.4 Å². The van der Waals surface area contributed by atoms with Gasteiger partial charge in [-0.2, -0.15) is 0 Å². The van der Waals surface area contributed by atoms with Gasteiger partial charge in [-0.1, -0.05) is 42.0 Å². The average Bonchev–Trinajstić information content (AvgIpc) is 3.02. The first-order valence-corrected chi connectivity index (χ1v) is 12.0. The van der Waals surface area contributed by atoms with Gasteiger partial charge in [0.2, 0.25) is 5.91 Å². The van der Waals surface area contributed by atoms with Gasteiger partial charge in [0.15, 0.2) is 0 Å². The number of benzene rings is 1. The van der Waals surface area contributed by atoms with Crippen molar-refractivity contribution >= 4 is 18.0 Å². The van der Waals surface area contributed by atoms with E-state index in [0.29, 0.717) is 50.3 Å². The highest BCUT2D eigenvalue weighted by Crippen LogP contribution is 2.26. The van der Waals surface area contributed by atoms with Crippen LogP contribution in [0.15, 0.2) is 46.8 Å². The fraction of sp³-hybridized carbons (Fsp3) is 0.444. The summed E-state index contributed by atoms with van der Waals surface area (Å²) in [6, 6.07) is 11.6. The smallest absolute Gasteiger partial charge is 0.343 e. The van der Waals surface area contributed by atoms with E-state index in [2.05, 4.69) is 30.0 Å². The van der Waals surface area contributed by atoms with Crippen molar-refractivity contribution in [3.8, 4) is 5.75 Å². The lowest BCUT2D eigenvalue weighted by atomic mass is 10.1. The van der Waals surface area contributed by atoms with Gasteiger partial charge in [0.05, 0.1) is 13.7 Å². The monoisotopic (exact) mass is 479 g/mol. The first-order chi connectivity index (χ1) is 16.9. The number of pyridine rings is 1. The van der Waals surface area contributed by atoms with Crippen molar-refractivity contribution in [3.63, 3.8) is 0 Å². The minimum atomic E-state index is -0.517. The number of carbonyl (C=O) groups excluding carboxylic acids is 2. The molecule has 1 aromatic heterocycles. The van der Waals surface area contributed by atoms with Crippen LogP contribution in [0.4, 0.5) is 0 Å².